The molecule has 9 heteroatoms. The van der Waals surface area contributed by atoms with Crippen LogP contribution in [-0.4, -0.2) is 67.5 Å². The van der Waals surface area contributed by atoms with Gasteiger partial charge in [0.15, 0.2) is 0 Å². The third-order valence-corrected chi connectivity index (χ3v) is 2.82. The summed E-state index contributed by atoms with van der Waals surface area (Å²) < 4.78 is 41.1. The van der Waals surface area contributed by atoms with E-state index in [-0.39, 0.29) is 25.6 Å². The van der Waals surface area contributed by atoms with Crippen molar-refractivity contribution in [1.29, 1.82) is 0 Å². The second kappa shape index (κ2) is 7.44. The second-order valence-electron chi connectivity index (χ2n) is 4.70. The smallest absolute Gasteiger partial charge is 0.401 e. The number of rotatable bonds is 7. The molecular formula is C11H17F3N2O4. The molecule has 116 valence electrons. The lowest BCUT2D eigenvalue weighted by atomic mass is 10.1. The van der Waals surface area contributed by atoms with Crippen LogP contribution in [0.2, 0.25) is 0 Å². The molecule has 1 rings (SSSR count). The standard InChI is InChI=1S/C11H17F3N2O4/c12-11(13,14)7-16-2-1-8(4-16)3-15-9(17)5-20-6-10(18)19/h8H,1-7H2,(H,15,17)(H,18,19). The molecule has 1 atom stereocenters. The van der Waals surface area contributed by atoms with E-state index >= 15 is 0 Å². The Morgan fingerprint density at radius 1 is 1.35 bits per heavy atom. The van der Waals surface area contributed by atoms with Gasteiger partial charge in [-0.3, -0.25) is 9.69 Å². The lowest BCUT2D eigenvalue weighted by molar-refractivity contribution is -0.145. The van der Waals surface area contributed by atoms with Gasteiger partial charge in [0, 0.05) is 13.1 Å². The van der Waals surface area contributed by atoms with Crippen molar-refractivity contribution >= 4 is 11.9 Å². The molecule has 0 spiro atoms. The van der Waals surface area contributed by atoms with Crippen LogP contribution in [0.15, 0.2) is 0 Å². The number of likely N-dealkylation sites (tertiary alicyclic amines) is 1. The molecule has 2 N–H and O–H groups in total. The highest BCUT2D eigenvalue weighted by Gasteiger charge is 2.34. The number of carboxylic acid groups (broad SMARTS) is 1. The van der Waals surface area contributed by atoms with Gasteiger partial charge in [-0.1, -0.05) is 0 Å². The first-order valence-electron chi connectivity index (χ1n) is 6.11. The molecule has 0 radical (unpaired) electrons. The van der Waals surface area contributed by atoms with E-state index in [0.717, 1.165) is 0 Å². The minimum absolute atomic E-state index is 0.0271. The highest BCUT2D eigenvalue weighted by molar-refractivity contribution is 5.77. The van der Waals surface area contributed by atoms with Crippen molar-refractivity contribution in [3.8, 4) is 0 Å². The van der Waals surface area contributed by atoms with E-state index in [1.165, 1.54) is 4.90 Å². The number of halogens is 3. The molecule has 0 aromatic rings. The first-order chi connectivity index (χ1) is 9.26. The van der Waals surface area contributed by atoms with E-state index in [9.17, 15) is 22.8 Å². The Balaban J connectivity index is 2.14. The number of carbonyl (C=O) groups excluding carboxylic acids is 1. The summed E-state index contributed by atoms with van der Waals surface area (Å²) in [5.74, 6) is -1.67. The summed E-state index contributed by atoms with van der Waals surface area (Å²) in [6.45, 7) is -0.949. The normalized spacial score (nSPS) is 20.1. The molecule has 1 heterocycles. The minimum atomic E-state index is -4.21. The highest BCUT2D eigenvalue weighted by Crippen LogP contribution is 2.22. The number of nitrogens with zero attached hydrogens (tertiary/aromatic N) is 1. The topological polar surface area (TPSA) is 78.9 Å². The molecule has 1 fully saturated rings. The molecule has 20 heavy (non-hydrogen) atoms. The summed E-state index contributed by atoms with van der Waals surface area (Å²) in [5.41, 5.74) is 0. The number of ether oxygens (including phenoxy) is 1. The van der Waals surface area contributed by atoms with Gasteiger partial charge in [0.2, 0.25) is 5.91 Å². The van der Waals surface area contributed by atoms with Crippen molar-refractivity contribution in [2.75, 3.05) is 39.4 Å². The predicted molar refractivity (Wildman–Crippen MR) is 62.1 cm³/mol. The summed E-state index contributed by atoms with van der Waals surface area (Å²) >= 11 is 0. The monoisotopic (exact) mass is 298 g/mol. The fourth-order valence-corrected chi connectivity index (χ4v) is 2.02. The van der Waals surface area contributed by atoms with E-state index in [0.29, 0.717) is 13.0 Å². The van der Waals surface area contributed by atoms with E-state index in [2.05, 4.69) is 10.1 Å². The van der Waals surface area contributed by atoms with Crippen LogP contribution in [-0.2, 0) is 14.3 Å². The van der Waals surface area contributed by atoms with E-state index < -0.39 is 31.2 Å². The Bertz CT molecular complexity index is 349. The third-order valence-electron chi connectivity index (χ3n) is 2.82. The van der Waals surface area contributed by atoms with Crippen molar-refractivity contribution in [3.63, 3.8) is 0 Å². The van der Waals surface area contributed by atoms with E-state index in [1.54, 1.807) is 0 Å². The molecule has 6 nitrogen and oxygen atoms in total. The van der Waals surface area contributed by atoms with Gasteiger partial charge in [0.1, 0.15) is 13.2 Å². The number of hydrogen-bond acceptors (Lipinski definition) is 4. The van der Waals surface area contributed by atoms with Crippen LogP contribution in [0.5, 0.6) is 0 Å². The Labute approximate surface area is 113 Å². The maximum atomic E-state index is 12.2. The second-order valence-corrected chi connectivity index (χ2v) is 4.70. The number of carbonyl (C=O) groups is 2. The lowest BCUT2D eigenvalue weighted by Crippen LogP contribution is -2.35. The van der Waals surface area contributed by atoms with Crippen LogP contribution in [0, 0.1) is 5.92 Å². The zero-order valence-corrected chi connectivity index (χ0v) is 10.8. The summed E-state index contributed by atoms with van der Waals surface area (Å²) in [5, 5.41) is 10.8. The Morgan fingerprint density at radius 2 is 2.05 bits per heavy atom. The van der Waals surface area contributed by atoms with Crippen LogP contribution in [0.25, 0.3) is 0 Å². The number of aliphatic carboxylic acids is 1. The van der Waals surface area contributed by atoms with Crippen molar-refractivity contribution in [1.82, 2.24) is 10.2 Å². The molecule has 1 saturated heterocycles. The molecule has 0 saturated carbocycles. The number of hydrogen-bond donors (Lipinski definition) is 2. The number of nitrogens with one attached hydrogen (secondary N) is 1. The van der Waals surface area contributed by atoms with Gasteiger partial charge in [-0.05, 0) is 18.9 Å². The highest BCUT2D eigenvalue weighted by atomic mass is 19.4. The van der Waals surface area contributed by atoms with Gasteiger partial charge in [-0.25, -0.2) is 4.79 Å². The lowest BCUT2D eigenvalue weighted by Gasteiger charge is -2.18. The number of alkyl halides is 3. The molecule has 0 aromatic carbocycles. The third kappa shape index (κ3) is 7.29. The Morgan fingerprint density at radius 3 is 2.65 bits per heavy atom. The van der Waals surface area contributed by atoms with Gasteiger partial charge in [0.25, 0.3) is 0 Å². The molecule has 1 unspecified atom stereocenters. The van der Waals surface area contributed by atoms with Crippen molar-refractivity contribution < 1.29 is 32.6 Å². The summed E-state index contributed by atoms with van der Waals surface area (Å²) in [7, 11) is 0. The van der Waals surface area contributed by atoms with Gasteiger partial charge >= 0.3 is 12.1 Å². The van der Waals surface area contributed by atoms with Crippen LogP contribution >= 0.6 is 0 Å². The first-order valence-corrected chi connectivity index (χ1v) is 6.11. The molecule has 0 aliphatic carbocycles. The maximum Gasteiger partial charge on any atom is 0.401 e. The Hall–Kier alpha value is -1.35. The molecule has 0 bridgehead atoms. The molecule has 1 aliphatic heterocycles. The zero-order chi connectivity index (χ0) is 15.2. The molecular weight excluding hydrogens is 281 g/mol. The van der Waals surface area contributed by atoms with Crippen molar-refractivity contribution in [3.05, 3.63) is 0 Å². The van der Waals surface area contributed by atoms with E-state index in [1.807, 2.05) is 0 Å². The van der Waals surface area contributed by atoms with Gasteiger partial charge in [-0.15, -0.1) is 0 Å². The fourth-order valence-electron chi connectivity index (χ4n) is 2.02. The number of carboxylic acids is 1. The van der Waals surface area contributed by atoms with Crippen molar-refractivity contribution in [2.45, 2.75) is 12.6 Å². The SMILES string of the molecule is O=C(O)COCC(=O)NCC1CCN(CC(F)(F)F)C1. The average Bonchev–Trinajstić information content (AvgIpc) is 2.71. The molecule has 0 aromatic heterocycles. The summed E-state index contributed by atoms with van der Waals surface area (Å²) in [6.07, 6.45) is -3.62. The van der Waals surface area contributed by atoms with Crippen molar-refractivity contribution in [2.24, 2.45) is 5.92 Å². The largest absolute Gasteiger partial charge is 0.480 e. The summed E-state index contributed by atoms with van der Waals surface area (Å²) in [4.78, 5) is 22.7. The fraction of sp³-hybridized carbons (Fsp3) is 0.818. The van der Waals surface area contributed by atoms with Gasteiger partial charge in [0.05, 0.1) is 6.54 Å². The zero-order valence-electron chi connectivity index (χ0n) is 10.8. The Kier molecular flexibility index (Phi) is 6.21. The predicted octanol–water partition coefficient (Wildman–Crippen LogP) is 0.0880. The minimum Gasteiger partial charge on any atom is -0.480 e. The van der Waals surface area contributed by atoms with Crippen LogP contribution in [0.4, 0.5) is 13.2 Å². The quantitative estimate of drug-likeness (QED) is 0.696. The summed E-state index contributed by atoms with van der Waals surface area (Å²) in [6, 6.07) is 0. The average molecular weight is 298 g/mol. The molecule has 1 amide bonds. The van der Waals surface area contributed by atoms with Gasteiger partial charge in [-0.2, -0.15) is 13.2 Å². The van der Waals surface area contributed by atoms with Crippen LogP contribution in [0.3, 0.4) is 0 Å². The first kappa shape index (κ1) is 16.7. The maximum absolute atomic E-state index is 12.2. The van der Waals surface area contributed by atoms with Crippen LogP contribution in [0.1, 0.15) is 6.42 Å². The van der Waals surface area contributed by atoms with Gasteiger partial charge < -0.3 is 15.2 Å². The molecule has 1 aliphatic rings. The number of amides is 1. The van der Waals surface area contributed by atoms with Crippen LogP contribution < -0.4 is 5.32 Å². The van der Waals surface area contributed by atoms with E-state index in [4.69, 9.17) is 5.11 Å².